The second-order valence-corrected chi connectivity index (χ2v) is 7.35. The quantitative estimate of drug-likeness (QED) is 0.683. The number of nitrogens with one attached hydrogen (secondary N) is 1. The van der Waals surface area contributed by atoms with Crippen LogP contribution in [-0.4, -0.2) is 29.2 Å². The molecule has 0 fully saturated rings. The third kappa shape index (κ3) is 3.77. The summed E-state index contributed by atoms with van der Waals surface area (Å²) in [5.74, 6) is 0.178. The van der Waals surface area contributed by atoms with Crippen molar-refractivity contribution in [2.24, 2.45) is 0 Å². The number of nitrogens with zero attached hydrogens (tertiary/aromatic N) is 1. The predicted octanol–water partition coefficient (Wildman–Crippen LogP) is 2.62. The number of hydrogen-bond donors (Lipinski definition) is 1. The van der Waals surface area contributed by atoms with Crippen LogP contribution in [0.3, 0.4) is 0 Å². The standard InChI is InChI=1S/C20H20N2O5S/c1-10(2)27-16-12(6-5-7-13(16)26-4)8-9-14-21-18(23)15-11(3)17(20(24)25)28-19(15)22-14/h5-10H,1-4H3,(H,24,25)(H,21,22,23)/p-1/b9-8+. The van der Waals surface area contributed by atoms with Gasteiger partial charge in [-0.3, -0.25) is 4.79 Å². The number of rotatable bonds is 6. The maximum Gasteiger partial charge on any atom is 0.260 e. The Balaban J connectivity index is 2.05. The van der Waals surface area contributed by atoms with E-state index < -0.39 is 11.5 Å². The smallest absolute Gasteiger partial charge is 0.260 e. The zero-order chi connectivity index (χ0) is 20.4. The molecular weight excluding hydrogens is 380 g/mol. The van der Waals surface area contributed by atoms with E-state index in [2.05, 4.69) is 9.97 Å². The monoisotopic (exact) mass is 399 g/mol. The first-order valence-electron chi connectivity index (χ1n) is 8.58. The van der Waals surface area contributed by atoms with Crippen molar-refractivity contribution in [2.75, 3.05) is 7.11 Å². The SMILES string of the molecule is COc1cccc(/C=C/c2nc3sc(C(=O)[O-])c(C)c3c(=O)[nH]2)c1OC(C)C. The van der Waals surface area contributed by atoms with Crippen molar-refractivity contribution in [3.63, 3.8) is 0 Å². The third-order valence-electron chi connectivity index (χ3n) is 4.01. The number of thiophene rings is 1. The predicted molar refractivity (Wildman–Crippen MR) is 107 cm³/mol. The van der Waals surface area contributed by atoms with Gasteiger partial charge in [-0.1, -0.05) is 12.1 Å². The molecule has 8 heteroatoms. The number of ether oxygens (including phenoxy) is 2. The molecule has 0 aliphatic rings. The number of carboxylic acids is 1. The fourth-order valence-electron chi connectivity index (χ4n) is 2.79. The topological polar surface area (TPSA) is 104 Å². The van der Waals surface area contributed by atoms with E-state index in [4.69, 9.17) is 9.47 Å². The van der Waals surface area contributed by atoms with Crippen molar-refractivity contribution in [2.45, 2.75) is 26.9 Å². The third-order valence-corrected chi connectivity index (χ3v) is 5.17. The molecule has 0 aliphatic carbocycles. The minimum absolute atomic E-state index is 0.00884. The van der Waals surface area contributed by atoms with Crippen LogP contribution in [0.2, 0.25) is 0 Å². The molecule has 146 valence electrons. The summed E-state index contributed by atoms with van der Waals surface area (Å²) in [5, 5.41) is 11.5. The highest BCUT2D eigenvalue weighted by molar-refractivity contribution is 7.20. The molecule has 28 heavy (non-hydrogen) atoms. The van der Waals surface area contributed by atoms with Gasteiger partial charge in [0, 0.05) is 5.56 Å². The van der Waals surface area contributed by atoms with Crippen LogP contribution in [0.1, 0.15) is 40.5 Å². The second-order valence-electron chi connectivity index (χ2n) is 6.35. The van der Waals surface area contributed by atoms with E-state index in [9.17, 15) is 14.7 Å². The Labute approximate surface area is 165 Å². The average molecular weight is 399 g/mol. The van der Waals surface area contributed by atoms with Crippen molar-refractivity contribution in [1.29, 1.82) is 0 Å². The largest absolute Gasteiger partial charge is 0.544 e. The number of hydrogen-bond acceptors (Lipinski definition) is 7. The summed E-state index contributed by atoms with van der Waals surface area (Å²) in [4.78, 5) is 31.0. The van der Waals surface area contributed by atoms with Gasteiger partial charge in [0.15, 0.2) is 11.5 Å². The lowest BCUT2D eigenvalue weighted by atomic mass is 10.1. The van der Waals surface area contributed by atoms with Gasteiger partial charge in [-0.2, -0.15) is 0 Å². The molecule has 0 spiro atoms. The zero-order valence-corrected chi connectivity index (χ0v) is 16.7. The molecule has 0 radical (unpaired) electrons. The number of H-pyrrole nitrogens is 1. The molecule has 7 nitrogen and oxygen atoms in total. The van der Waals surface area contributed by atoms with E-state index in [1.54, 1.807) is 32.3 Å². The number of carbonyl (C=O) groups excluding carboxylic acids is 1. The maximum atomic E-state index is 12.4. The lowest BCUT2D eigenvalue weighted by Crippen LogP contribution is -2.21. The number of benzene rings is 1. The van der Waals surface area contributed by atoms with Crippen LogP contribution < -0.4 is 20.1 Å². The number of fused-ring (bicyclic) bond motifs is 1. The molecule has 2 aromatic heterocycles. The van der Waals surface area contributed by atoms with Gasteiger partial charge in [0.1, 0.15) is 10.7 Å². The number of aromatic carboxylic acids is 1. The first kappa shape index (κ1) is 19.6. The van der Waals surface area contributed by atoms with Crippen LogP contribution in [0.5, 0.6) is 11.5 Å². The van der Waals surface area contributed by atoms with Gasteiger partial charge < -0.3 is 24.4 Å². The minimum Gasteiger partial charge on any atom is -0.544 e. The molecule has 0 bridgehead atoms. The summed E-state index contributed by atoms with van der Waals surface area (Å²) in [6, 6.07) is 5.49. The average Bonchev–Trinajstić information content (AvgIpc) is 2.97. The Morgan fingerprint density at radius 2 is 2.07 bits per heavy atom. The van der Waals surface area contributed by atoms with Gasteiger partial charge in [0.25, 0.3) is 5.56 Å². The fourth-order valence-corrected chi connectivity index (χ4v) is 3.81. The Morgan fingerprint density at radius 1 is 1.32 bits per heavy atom. The highest BCUT2D eigenvalue weighted by Gasteiger charge is 2.15. The van der Waals surface area contributed by atoms with E-state index in [0.29, 0.717) is 27.7 Å². The summed E-state index contributed by atoms with van der Waals surface area (Å²) in [7, 11) is 1.57. The van der Waals surface area contributed by atoms with Crippen molar-refractivity contribution in [3.05, 3.63) is 50.4 Å². The molecule has 0 saturated heterocycles. The molecule has 0 aliphatic heterocycles. The first-order valence-corrected chi connectivity index (χ1v) is 9.40. The van der Waals surface area contributed by atoms with Gasteiger partial charge >= 0.3 is 0 Å². The summed E-state index contributed by atoms with van der Waals surface area (Å²) in [5.41, 5.74) is 0.730. The molecule has 0 amide bonds. The Bertz CT molecular complexity index is 1130. The zero-order valence-electron chi connectivity index (χ0n) is 15.9. The second kappa shape index (κ2) is 7.85. The van der Waals surface area contributed by atoms with Crippen LogP contribution >= 0.6 is 11.3 Å². The Hall–Kier alpha value is -3.13. The van der Waals surface area contributed by atoms with E-state index in [1.807, 2.05) is 26.0 Å². The van der Waals surface area contributed by atoms with E-state index in [1.165, 1.54) is 0 Å². The number of aryl methyl sites for hydroxylation is 1. The van der Waals surface area contributed by atoms with Crippen LogP contribution in [0.25, 0.3) is 22.4 Å². The summed E-state index contributed by atoms with van der Waals surface area (Å²) >= 11 is 0.928. The van der Waals surface area contributed by atoms with Gasteiger partial charge in [0.2, 0.25) is 0 Å². The number of carboxylic acid groups (broad SMARTS) is 1. The number of carbonyl (C=O) groups is 1. The Morgan fingerprint density at radius 3 is 2.71 bits per heavy atom. The molecule has 0 atom stereocenters. The molecule has 3 rings (SSSR count). The maximum absolute atomic E-state index is 12.4. The van der Waals surface area contributed by atoms with Crippen molar-refractivity contribution in [3.8, 4) is 11.5 Å². The summed E-state index contributed by atoms with van der Waals surface area (Å²) in [6.45, 7) is 5.41. The number of aromatic amines is 1. The van der Waals surface area contributed by atoms with Gasteiger partial charge in [-0.25, -0.2) is 4.98 Å². The molecule has 2 heterocycles. The molecule has 1 aromatic carbocycles. The van der Waals surface area contributed by atoms with Gasteiger partial charge in [0.05, 0.1) is 29.4 Å². The highest BCUT2D eigenvalue weighted by atomic mass is 32.1. The lowest BCUT2D eigenvalue weighted by molar-refractivity contribution is -0.254. The summed E-state index contributed by atoms with van der Waals surface area (Å²) in [6.07, 6.45) is 3.34. The van der Waals surface area contributed by atoms with Gasteiger partial charge in [-0.15, -0.1) is 11.3 Å². The van der Waals surface area contributed by atoms with E-state index >= 15 is 0 Å². The molecule has 3 aromatic rings. The number of aromatic nitrogens is 2. The number of methoxy groups -OCH3 is 1. The molecule has 0 unspecified atom stereocenters. The highest BCUT2D eigenvalue weighted by Crippen LogP contribution is 2.33. The van der Waals surface area contributed by atoms with Crippen LogP contribution in [-0.2, 0) is 0 Å². The van der Waals surface area contributed by atoms with Crippen molar-refractivity contribution >= 4 is 39.7 Å². The van der Waals surface area contributed by atoms with Crippen LogP contribution in [0.15, 0.2) is 23.0 Å². The van der Waals surface area contributed by atoms with Crippen molar-refractivity contribution in [1.82, 2.24) is 9.97 Å². The minimum atomic E-state index is -1.32. The lowest BCUT2D eigenvalue weighted by Gasteiger charge is -2.15. The molecule has 0 saturated carbocycles. The van der Waals surface area contributed by atoms with Crippen LogP contribution in [0, 0.1) is 6.92 Å². The van der Waals surface area contributed by atoms with Gasteiger partial charge in [-0.05, 0) is 44.6 Å². The normalized spacial score (nSPS) is 11.5. The van der Waals surface area contributed by atoms with E-state index in [-0.39, 0.29) is 16.4 Å². The van der Waals surface area contributed by atoms with Crippen LogP contribution in [0.4, 0.5) is 0 Å². The van der Waals surface area contributed by atoms with E-state index in [0.717, 1.165) is 16.9 Å². The fraction of sp³-hybridized carbons (Fsp3) is 0.250. The summed E-state index contributed by atoms with van der Waals surface area (Å²) < 4.78 is 11.2. The Kier molecular flexibility index (Phi) is 5.51. The first-order chi connectivity index (χ1) is 13.3. The molecular formula is C20H19N2O5S-. The number of para-hydroxylation sites is 1. The van der Waals surface area contributed by atoms with Crippen molar-refractivity contribution < 1.29 is 19.4 Å². The molecule has 1 N–H and O–H groups in total.